The molecule has 0 atom stereocenters. The molecule has 0 radical (unpaired) electrons. The van der Waals surface area contributed by atoms with Gasteiger partial charge in [-0.15, -0.1) is 0 Å². The van der Waals surface area contributed by atoms with Gasteiger partial charge in [0.1, 0.15) is 0 Å². The van der Waals surface area contributed by atoms with Crippen LogP contribution in [0.3, 0.4) is 0 Å². The van der Waals surface area contributed by atoms with Crippen LogP contribution in [0.15, 0.2) is 41.2 Å². The van der Waals surface area contributed by atoms with Crippen molar-refractivity contribution in [2.75, 3.05) is 0 Å². The second-order valence-corrected chi connectivity index (χ2v) is 4.32. The zero-order valence-electron chi connectivity index (χ0n) is 10.7. The third kappa shape index (κ3) is 2.22. The smallest absolute Gasteiger partial charge is 0.256 e. The van der Waals surface area contributed by atoms with Crippen LogP contribution in [0.1, 0.15) is 18.1 Å². The van der Waals surface area contributed by atoms with E-state index in [2.05, 4.69) is 19.1 Å². The summed E-state index contributed by atoms with van der Waals surface area (Å²) in [6, 6.07) is 11.7. The molecular weight excluding hydrogens is 226 g/mol. The first-order chi connectivity index (χ1) is 8.67. The van der Waals surface area contributed by atoms with Crippen molar-refractivity contribution < 1.29 is 5.11 Å². The minimum absolute atomic E-state index is 0.144. The summed E-state index contributed by atoms with van der Waals surface area (Å²) in [6.07, 6.45) is 1.00. The summed E-state index contributed by atoms with van der Waals surface area (Å²) in [5.41, 5.74) is 3.42. The monoisotopic (exact) mass is 243 g/mol. The Morgan fingerprint density at radius 3 is 2.33 bits per heavy atom. The third-order valence-corrected chi connectivity index (χ3v) is 3.21. The molecule has 0 spiro atoms. The van der Waals surface area contributed by atoms with Crippen LogP contribution in [0.4, 0.5) is 0 Å². The highest BCUT2D eigenvalue weighted by molar-refractivity contribution is 5.60. The first-order valence-electron chi connectivity index (χ1n) is 6.06. The third-order valence-electron chi connectivity index (χ3n) is 3.21. The summed E-state index contributed by atoms with van der Waals surface area (Å²) < 4.78 is 1.58. The molecule has 1 heterocycles. The number of aliphatic hydroxyl groups excluding tert-OH is 1. The zero-order chi connectivity index (χ0) is 13.1. The van der Waals surface area contributed by atoms with E-state index < -0.39 is 0 Å². The van der Waals surface area contributed by atoms with Crippen LogP contribution < -0.4 is 5.56 Å². The number of aromatic nitrogens is 1. The fraction of sp³-hybridized carbons (Fsp3) is 0.267. The van der Waals surface area contributed by atoms with Gasteiger partial charge >= 0.3 is 0 Å². The number of hydrogen-bond donors (Lipinski definition) is 1. The lowest BCUT2D eigenvalue weighted by atomic mass is 10.1. The maximum atomic E-state index is 11.9. The van der Waals surface area contributed by atoms with E-state index in [1.165, 1.54) is 5.56 Å². The van der Waals surface area contributed by atoms with Gasteiger partial charge in [-0.05, 0) is 29.7 Å². The van der Waals surface area contributed by atoms with Crippen LogP contribution in [0.5, 0.6) is 0 Å². The number of nitrogens with zero attached hydrogens (tertiary/aromatic N) is 1. The SMILES string of the molecule is CCc1ccc(-c2ccc(CO)c(=O)n2C)cc1. The van der Waals surface area contributed by atoms with E-state index in [1.807, 2.05) is 18.2 Å². The lowest BCUT2D eigenvalue weighted by Gasteiger charge is -2.10. The van der Waals surface area contributed by atoms with Crippen LogP contribution in [0.25, 0.3) is 11.3 Å². The molecule has 0 aliphatic rings. The first-order valence-corrected chi connectivity index (χ1v) is 6.06. The maximum absolute atomic E-state index is 11.9. The normalized spacial score (nSPS) is 10.6. The molecule has 94 valence electrons. The van der Waals surface area contributed by atoms with Crippen LogP contribution >= 0.6 is 0 Å². The van der Waals surface area contributed by atoms with Gasteiger partial charge in [0.2, 0.25) is 0 Å². The fourth-order valence-corrected chi connectivity index (χ4v) is 2.01. The maximum Gasteiger partial charge on any atom is 0.256 e. The zero-order valence-corrected chi connectivity index (χ0v) is 10.7. The second-order valence-electron chi connectivity index (χ2n) is 4.32. The highest BCUT2D eigenvalue weighted by atomic mass is 16.3. The van der Waals surface area contributed by atoms with Crippen LogP contribution in [-0.4, -0.2) is 9.67 Å². The molecule has 0 aliphatic carbocycles. The Bertz CT molecular complexity index is 597. The van der Waals surface area contributed by atoms with Gasteiger partial charge in [-0.2, -0.15) is 0 Å². The van der Waals surface area contributed by atoms with Crippen molar-refractivity contribution in [2.24, 2.45) is 7.05 Å². The molecule has 2 aromatic rings. The van der Waals surface area contributed by atoms with Crippen LogP contribution in [0.2, 0.25) is 0 Å². The van der Waals surface area contributed by atoms with E-state index in [0.717, 1.165) is 17.7 Å². The molecule has 0 aliphatic heterocycles. The molecular formula is C15H17NO2. The molecule has 0 unspecified atom stereocenters. The van der Waals surface area contributed by atoms with E-state index in [4.69, 9.17) is 5.11 Å². The van der Waals surface area contributed by atoms with Gasteiger partial charge in [-0.25, -0.2) is 0 Å². The number of hydrogen-bond acceptors (Lipinski definition) is 2. The van der Waals surface area contributed by atoms with Gasteiger partial charge in [0.25, 0.3) is 5.56 Å². The Labute approximate surface area is 106 Å². The molecule has 0 fully saturated rings. The number of aryl methyl sites for hydroxylation is 1. The number of pyridine rings is 1. The Balaban J connectivity index is 2.50. The summed E-state index contributed by atoms with van der Waals surface area (Å²) >= 11 is 0. The number of aliphatic hydroxyl groups is 1. The highest BCUT2D eigenvalue weighted by Crippen LogP contribution is 2.18. The molecule has 1 aromatic heterocycles. The largest absolute Gasteiger partial charge is 0.391 e. The van der Waals surface area contributed by atoms with E-state index >= 15 is 0 Å². The Morgan fingerprint density at radius 1 is 1.11 bits per heavy atom. The molecule has 3 nitrogen and oxygen atoms in total. The predicted octanol–water partition coefficient (Wildman–Crippen LogP) is 2.11. The summed E-state index contributed by atoms with van der Waals surface area (Å²) in [5.74, 6) is 0. The van der Waals surface area contributed by atoms with E-state index in [9.17, 15) is 4.79 Å². The molecule has 0 amide bonds. The van der Waals surface area contributed by atoms with Crippen molar-refractivity contribution >= 4 is 0 Å². The van der Waals surface area contributed by atoms with E-state index in [0.29, 0.717) is 5.56 Å². The molecule has 2 rings (SSSR count). The molecule has 0 bridgehead atoms. The Hall–Kier alpha value is -1.87. The summed E-state index contributed by atoms with van der Waals surface area (Å²) in [5, 5.41) is 9.06. The minimum Gasteiger partial charge on any atom is -0.391 e. The topological polar surface area (TPSA) is 42.2 Å². The van der Waals surface area contributed by atoms with Crippen molar-refractivity contribution in [3.63, 3.8) is 0 Å². The van der Waals surface area contributed by atoms with E-state index in [1.54, 1.807) is 17.7 Å². The molecule has 0 saturated heterocycles. The summed E-state index contributed by atoms with van der Waals surface area (Å²) in [7, 11) is 1.73. The second kappa shape index (κ2) is 5.19. The molecule has 1 N–H and O–H groups in total. The van der Waals surface area contributed by atoms with Gasteiger partial charge in [0.15, 0.2) is 0 Å². The van der Waals surface area contributed by atoms with Crippen molar-refractivity contribution in [2.45, 2.75) is 20.0 Å². The lowest BCUT2D eigenvalue weighted by molar-refractivity contribution is 0.279. The molecule has 3 heteroatoms. The van der Waals surface area contributed by atoms with E-state index in [-0.39, 0.29) is 12.2 Å². The molecule has 1 aromatic carbocycles. The van der Waals surface area contributed by atoms with Crippen molar-refractivity contribution in [3.05, 3.63) is 57.9 Å². The number of benzene rings is 1. The van der Waals surface area contributed by atoms with Gasteiger partial charge in [0.05, 0.1) is 12.3 Å². The Morgan fingerprint density at radius 2 is 1.78 bits per heavy atom. The fourth-order valence-electron chi connectivity index (χ4n) is 2.01. The standard InChI is InChI=1S/C15H17NO2/c1-3-11-4-6-12(7-5-11)14-9-8-13(10-17)15(18)16(14)2/h4-9,17H,3,10H2,1-2H3. The molecule has 0 saturated carbocycles. The summed E-state index contributed by atoms with van der Waals surface area (Å²) in [6.45, 7) is 1.89. The first kappa shape index (κ1) is 12.6. The Kier molecular flexibility index (Phi) is 3.63. The van der Waals surface area contributed by atoms with Gasteiger partial charge in [0, 0.05) is 12.6 Å². The van der Waals surface area contributed by atoms with Gasteiger partial charge < -0.3 is 9.67 Å². The van der Waals surface area contributed by atoms with Crippen LogP contribution in [-0.2, 0) is 20.1 Å². The average molecular weight is 243 g/mol. The van der Waals surface area contributed by atoms with Gasteiger partial charge in [-0.3, -0.25) is 4.79 Å². The van der Waals surface area contributed by atoms with Gasteiger partial charge in [-0.1, -0.05) is 31.2 Å². The quantitative estimate of drug-likeness (QED) is 0.897. The predicted molar refractivity (Wildman–Crippen MR) is 72.4 cm³/mol. The minimum atomic E-state index is -0.221. The van der Waals surface area contributed by atoms with Crippen molar-refractivity contribution in [3.8, 4) is 11.3 Å². The van der Waals surface area contributed by atoms with Crippen molar-refractivity contribution in [1.29, 1.82) is 0 Å². The van der Waals surface area contributed by atoms with Crippen LogP contribution in [0, 0.1) is 0 Å². The average Bonchev–Trinajstić information content (AvgIpc) is 2.42. The van der Waals surface area contributed by atoms with Crippen molar-refractivity contribution in [1.82, 2.24) is 4.57 Å². The highest BCUT2D eigenvalue weighted by Gasteiger charge is 2.06. The number of rotatable bonds is 3. The summed E-state index contributed by atoms with van der Waals surface area (Å²) in [4.78, 5) is 11.9. The lowest BCUT2D eigenvalue weighted by Crippen LogP contribution is -2.22. The molecule has 18 heavy (non-hydrogen) atoms.